The molecular formula is C19H23N5O. The Kier molecular flexibility index (Phi) is 4.11. The molecule has 0 aliphatic heterocycles. The average molecular weight is 337 g/mol. The summed E-state index contributed by atoms with van der Waals surface area (Å²) in [5, 5.41) is 12.5. The third-order valence-corrected chi connectivity index (χ3v) is 5.15. The molecular weight excluding hydrogens is 314 g/mol. The molecule has 0 unspecified atom stereocenters. The van der Waals surface area contributed by atoms with E-state index >= 15 is 0 Å². The lowest BCUT2D eigenvalue weighted by molar-refractivity contribution is -0.120. The number of fused-ring (bicyclic) bond motifs is 3. The van der Waals surface area contributed by atoms with E-state index in [4.69, 9.17) is 0 Å². The zero-order chi connectivity index (χ0) is 17.4. The molecule has 3 aromatic rings. The SMILES string of the molecule is CCn1c2ccc(C)cc2c2nnc(NC(=O)C3CCCCC3)nc21. The predicted octanol–water partition coefficient (Wildman–Crippen LogP) is 3.83. The summed E-state index contributed by atoms with van der Waals surface area (Å²) in [5.74, 6) is 0.404. The number of anilines is 1. The number of nitrogens with zero attached hydrogens (tertiary/aromatic N) is 4. The first kappa shape index (κ1) is 16.0. The summed E-state index contributed by atoms with van der Waals surface area (Å²) in [6.07, 6.45) is 5.38. The van der Waals surface area contributed by atoms with E-state index < -0.39 is 0 Å². The topological polar surface area (TPSA) is 72.7 Å². The Bertz CT molecular complexity index is 940. The fraction of sp³-hybridized carbons (Fsp3) is 0.474. The zero-order valence-corrected chi connectivity index (χ0v) is 14.7. The number of benzene rings is 1. The molecule has 1 amide bonds. The van der Waals surface area contributed by atoms with Gasteiger partial charge in [-0.05, 0) is 38.8 Å². The number of amides is 1. The van der Waals surface area contributed by atoms with Gasteiger partial charge >= 0.3 is 0 Å². The molecule has 1 saturated carbocycles. The van der Waals surface area contributed by atoms with E-state index in [1.54, 1.807) is 0 Å². The summed E-state index contributed by atoms with van der Waals surface area (Å²) < 4.78 is 2.12. The minimum Gasteiger partial charge on any atom is -0.324 e. The number of aryl methyl sites for hydroxylation is 2. The standard InChI is InChI=1S/C19H23N5O/c1-3-24-15-10-9-12(2)11-14(15)16-17(24)20-19(23-22-16)21-18(25)13-7-5-4-6-8-13/h9-11,13H,3-8H2,1-2H3,(H,20,21,23,25). The van der Waals surface area contributed by atoms with E-state index in [1.807, 2.05) is 0 Å². The number of carbonyl (C=O) groups excluding carboxylic acids is 1. The first-order chi connectivity index (χ1) is 12.2. The molecule has 1 fully saturated rings. The van der Waals surface area contributed by atoms with Crippen molar-refractivity contribution in [3.8, 4) is 0 Å². The van der Waals surface area contributed by atoms with Crippen molar-refractivity contribution in [3.05, 3.63) is 23.8 Å². The first-order valence-electron chi connectivity index (χ1n) is 9.11. The molecule has 6 nitrogen and oxygen atoms in total. The monoisotopic (exact) mass is 337 g/mol. The van der Waals surface area contributed by atoms with Crippen LogP contribution < -0.4 is 5.32 Å². The van der Waals surface area contributed by atoms with Crippen molar-refractivity contribution in [2.45, 2.75) is 52.5 Å². The van der Waals surface area contributed by atoms with Crippen molar-refractivity contribution in [3.63, 3.8) is 0 Å². The molecule has 1 aliphatic rings. The molecule has 1 N–H and O–H groups in total. The average Bonchev–Trinajstić information content (AvgIpc) is 2.94. The second-order valence-electron chi connectivity index (χ2n) is 6.90. The number of hydrogen-bond donors (Lipinski definition) is 1. The van der Waals surface area contributed by atoms with Gasteiger partial charge in [0, 0.05) is 17.8 Å². The van der Waals surface area contributed by atoms with E-state index in [1.165, 1.54) is 12.0 Å². The van der Waals surface area contributed by atoms with Crippen LogP contribution in [0.15, 0.2) is 18.2 Å². The molecule has 2 aromatic heterocycles. The Labute approximate surface area is 146 Å². The molecule has 1 aliphatic carbocycles. The zero-order valence-electron chi connectivity index (χ0n) is 14.7. The van der Waals surface area contributed by atoms with Crippen molar-refractivity contribution in [1.82, 2.24) is 19.7 Å². The van der Waals surface area contributed by atoms with E-state index in [0.717, 1.165) is 54.3 Å². The maximum Gasteiger partial charge on any atom is 0.251 e. The lowest BCUT2D eigenvalue weighted by Crippen LogP contribution is -2.25. The summed E-state index contributed by atoms with van der Waals surface area (Å²) in [5.41, 5.74) is 3.84. The number of hydrogen-bond acceptors (Lipinski definition) is 4. The van der Waals surface area contributed by atoms with E-state index in [0.29, 0.717) is 5.95 Å². The summed E-state index contributed by atoms with van der Waals surface area (Å²) in [7, 11) is 0. The van der Waals surface area contributed by atoms with Gasteiger partial charge in [-0.2, -0.15) is 4.98 Å². The highest BCUT2D eigenvalue weighted by molar-refractivity contribution is 6.04. The smallest absolute Gasteiger partial charge is 0.251 e. The van der Waals surface area contributed by atoms with Gasteiger partial charge < -0.3 is 4.57 Å². The van der Waals surface area contributed by atoms with Gasteiger partial charge in [-0.15, -0.1) is 10.2 Å². The number of carbonyl (C=O) groups is 1. The van der Waals surface area contributed by atoms with Crippen molar-refractivity contribution in [2.24, 2.45) is 5.92 Å². The van der Waals surface area contributed by atoms with Gasteiger partial charge in [-0.3, -0.25) is 10.1 Å². The Morgan fingerprint density at radius 2 is 2.04 bits per heavy atom. The van der Waals surface area contributed by atoms with Crippen molar-refractivity contribution < 1.29 is 4.79 Å². The van der Waals surface area contributed by atoms with E-state index in [-0.39, 0.29) is 11.8 Å². The molecule has 0 atom stereocenters. The fourth-order valence-electron chi connectivity index (χ4n) is 3.82. The van der Waals surface area contributed by atoms with Crippen LogP contribution in [0.5, 0.6) is 0 Å². The van der Waals surface area contributed by atoms with Gasteiger partial charge in [-0.1, -0.05) is 30.9 Å². The quantitative estimate of drug-likeness (QED) is 0.788. The molecule has 2 heterocycles. The summed E-state index contributed by atoms with van der Waals surface area (Å²) >= 11 is 0. The van der Waals surface area contributed by atoms with Crippen LogP contribution in [0.3, 0.4) is 0 Å². The minimum absolute atomic E-state index is 0.0239. The van der Waals surface area contributed by atoms with Crippen molar-refractivity contribution in [1.29, 1.82) is 0 Å². The number of nitrogens with one attached hydrogen (secondary N) is 1. The molecule has 1 aromatic carbocycles. The minimum atomic E-state index is 0.0239. The highest BCUT2D eigenvalue weighted by Gasteiger charge is 2.22. The van der Waals surface area contributed by atoms with Gasteiger partial charge in [0.25, 0.3) is 5.95 Å². The molecule has 130 valence electrons. The third-order valence-electron chi connectivity index (χ3n) is 5.15. The molecule has 6 heteroatoms. The molecule has 0 radical (unpaired) electrons. The molecule has 0 spiro atoms. The highest BCUT2D eigenvalue weighted by atomic mass is 16.2. The summed E-state index contributed by atoms with van der Waals surface area (Å²) in [6.45, 7) is 4.94. The Hall–Kier alpha value is -2.50. The molecule has 25 heavy (non-hydrogen) atoms. The van der Waals surface area contributed by atoms with Gasteiger partial charge in [0.2, 0.25) is 5.91 Å². The Balaban J connectivity index is 1.72. The predicted molar refractivity (Wildman–Crippen MR) is 98.4 cm³/mol. The van der Waals surface area contributed by atoms with Gasteiger partial charge in [0.1, 0.15) is 5.52 Å². The summed E-state index contributed by atoms with van der Waals surface area (Å²) in [4.78, 5) is 17.1. The van der Waals surface area contributed by atoms with Crippen LogP contribution in [-0.4, -0.2) is 25.7 Å². The van der Waals surface area contributed by atoms with Crippen LogP contribution in [0, 0.1) is 12.8 Å². The Morgan fingerprint density at radius 3 is 2.80 bits per heavy atom. The van der Waals surface area contributed by atoms with E-state index in [2.05, 4.69) is 57.1 Å². The lowest BCUT2D eigenvalue weighted by atomic mass is 9.89. The van der Waals surface area contributed by atoms with Gasteiger partial charge in [0.15, 0.2) is 5.65 Å². The Morgan fingerprint density at radius 1 is 1.24 bits per heavy atom. The normalized spacial score (nSPS) is 15.8. The number of aromatic nitrogens is 4. The van der Waals surface area contributed by atoms with Crippen LogP contribution in [-0.2, 0) is 11.3 Å². The van der Waals surface area contributed by atoms with Crippen LogP contribution in [0.25, 0.3) is 22.1 Å². The lowest BCUT2D eigenvalue weighted by Gasteiger charge is -2.19. The maximum atomic E-state index is 12.4. The van der Waals surface area contributed by atoms with Gasteiger partial charge in [-0.25, -0.2) is 0 Å². The van der Waals surface area contributed by atoms with Crippen LogP contribution in [0.4, 0.5) is 5.95 Å². The largest absolute Gasteiger partial charge is 0.324 e. The van der Waals surface area contributed by atoms with Crippen molar-refractivity contribution in [2.75, 3.05) is 5.32 Å². The van der Waals surface area contributed by atoms with Crippen LogP contribution in [0.2, 0.25) is 0 Å². The molecule has 0 bridgehead atoms. The first-order valence-corrected chi connectivity index (χ1v) is 9.11. The van der Waals surface area contributed by atoms with Crippen molar-refractivity contribution >= 4 is 33.9 Å². The third kappa shape index (κ3) is 2.86. The second-order valence-corrected chi connectivity index (χ2v) is 6.90. The molecule has 4 rings (SSSR count). The van der Waals surface area contributed by atoms with E-state index in [9.17, 15) is 4.79 Å². The van der Waals surface area contributed by atoms with Crippen LogP contribution in [0.1, 0.15) is 44.6 Å². The fourth-order valence-corrected chi connectivity index (χ4v) is 3.82. The maximum absolute atomic E-state index is 12.4. The molecule has 0 saturated heterocycles. The highest BCUT2D eigenvalue weighted by Crippen LogP contribution is 2.28. The van der Waals surface area contributed by atoms with Crippen LogP contribution >= 0.6 is 0 Å². The second kappa shape index (κ2) is 6.43. The summed E-state index contributed by atoms with van der Waals surface area (Å²) in [6, 6.07) is 6.30. The number of rotatable bonds is 3. The van der Waals surface area contributed by atoms with Gasteiger partial charge in [0.05, 0.1) is 5.52 Å².